The van der Waals surface area contributed by atoms with E-state index >= 15 is 0 Å². The molecule has 0 radical (unpaired) electrons. The van der Waals surface area contributed by atoms with Crippen LogP contribution in [0.4, 0.5) is 5.69 Å². The summed E-state index contributed by atoms with van der Waals surface area (Å²) in [7, 11) is 0. The lowest BCUT2D eigenvalue weighted by Gasteiger charge is -2.09. The Morgan fingerprint density at radius 2 is 2.16 bits per heavy atom. The van der Waals surface area contributed by atoms with Crippen molar-refractivity contribution in [3.63, 3.8) is 0 Å². The highest BCUT2D eigenvalue weighted by Gasteiger charge is 2.15. The second-order valence-electron chi connectivity index (χ2n) is 4.45. The van der Waals surface area contributed by atoms with Gasteiger partial charge in [-0.1, -0.05) is 6.07 Å². The molecule has 0 aliphatic carbocycles. The van der Waals surface area contributed by atoms with Crippen molar-refractivity contribution in [3.05, 3.63) is 40.6 Å². The van der Waals surface area contributed by atoms with Crippen LogP contribution in [0.15, 0.2) is 30.5 Å². The molecule has 0 bridgehead atoms. The van der Waals surface area contributed by atoms with Gasteiger partial charge in [0.25, 0.3) is 5.69 Å². The van der Waals surface area contributed by atoms with E-state index in [1.54, 1.807) is 42.8 Å². The van der Waals surface area contributed by atoms with Crippen LogP contribution in [-0.4, -0.2) is 21.6 Å². The van der Waals surface area contributed by atoms with E-state index < -0.39 is 4.92 Å². The summed E-state index contributed by atoms with van der Waals surface area (Å²) in [4.78, 5) is 22.1. The van der Waals surface area contributed by atoms with Gasteiger partial charge in [-0.25, -0.2) is 0 Å². The number of benzene rings is 1. The third kappa shape index (κ3) is 2.73. The quantitative estimate of drug-likeness (QED) is 0.482. The average Bonchev–Trinajstić information content (AvgIpc) is 2.71. The van der Waals surface area contributed by atoms with E-state index in [1.165, 1.54) is 6.07 Å². The first-order valence-corrected chi connectivity index (χ1v) is 5.91. The number of aromatic nitrogens is 1. The molecule has 0 unspecified atom stereocenters. The minimum absolute atomic E-state index is 0.0356. The van der Waals surface area contributed by atoms with Crippen LogP contribution in [0.1, 0.15) is 13.8 Å². The van der Waals surface area contributed by atoms with Gasteiger partial charge in [0, 0.05) is 12.3 Å². The number of nitro groups is 1. The summed E-state index contributed by atoms with van der Waals surface area (Å²) in [5.74, 6) is -0.362. The molecule has 0 saturated carbocycles. The van der Waals surface area contributed by atoms with Gasteiger partial charge in [0.05, 0.1) is 21.9 Å². The lowest BCUT2D eigenvalue weighted by atomic mass is 10.2. The standard InChI is InChI=1S/C13H14N2O4/c1-9(2)19-13(16)8-14-7-6-10-11(14)4-3-5-12(10)15(17)18/h3-7,9H,8H2,1-2H3. The maximum atomic E-state index is 11.6. The van der Waals surface area contributed by atoms with Crippen molar-refractivity contribution in [1.29, 1.82) is 0 Å². The molecule has 2 aromatic rings. The fourth-order valence-corrected chi connectivity index (χ4v) is 1.94. The van der Waals surface area contributed by atoms with Crippen molar-refractivity contribution in [2.24, 2.45) is 0 Å². The van der Waals surface area contributed by atoms with Gasteiger partial charge in [-0.15, -0.1) is 0 Å². The molecule has 100 valence electrons. The molecule has 0 saturated heterocycles. The van der Waals surface area contributed by atoms with Crippen molar-refractivity contribution in [2.45, 2.75) is 26.5 Å². The molecule has 1 aromatic heterocycles. The Hall–Kier alpha value is -2.37. The van der Waals surface area contributed by atoms with E-state index in [0.29, 0.717) is 10.9 Å². The fraction of sp³-hybridized carbons (Fsp3) is 0.308. The SMILES string of the molecule is CC(C)OC(=O)Cn1ccc2c([N+](=O)[O-])cccc21. The molecule has 0 N–H and O–H groups in total. The van der Waals surface area contributed by atoms with Crippen LogP contribution in [0.25, 0.3) is 10.9 Å². The van der Waals surface area contributed by atoms with Crippen molar-refractivity contribution in [3.8, 4) is 0 Å². The van der Waals surface area contributed by atoms with Crippen LogP contribution in [-0.2, 0) is 16.1 Å². The summed E-state index contributed by atoms with van der Waals surface area (Å²) in [6.07, 6.45) is 1.47. The third-order valence-electron chi connectivity index (χ3n) is 2.65. The first kappa shape index (κ1) is 13.1. The molecule has 0 spiro atoms. The molecule has 1 heterocycles. The second kappa shape index (κ2) is 5.09. The summed E-state index contributed by atoms with van der Waals surface area (Å²) >= 11 is 0. The topological polar surface area (TPSA) is 74.4 Å². The van der Waals surface area contributed by atoms with Crippen molar-refractivity contribution in [2.75, 3.05) is 0 Å². The number of hydrogen-bond donors (Lipinski definition) is 0. The third-order valence-corrected chi connectivity index (χ3v) is 2.65. The van der Waals surface area contributed by atoms with Gasteiger partial charge in [-0.05, 0) is 26.0 Å². The predicted molar refractivity (Wildman–Crippen MR) is 69.8 cm³/mol. The Morgan fingerprint density at radius 1 is 1.42 bits per heavy atom. The van der Waals surface area contributed by atoms with Gasteiger partial charge >= 0.3 is 5.97 Å². The molecule has 6 heteroatoms. The Bertz CT molecular complexity index is 631. The zero-order valence-corrected chi connectivity index (χ0v) is 10.7. The number of hydrogen-bond acceptors (Lipinski definition) is 4. The molecule has 0 atom stereocenters. The van der Waals surface area contributed by atoms with E-state index in [1.807, 2.05) is 0 Å². The number of esters is 1. The average molecular weight is 262 g/mol. The van der Waals surface area contributed by atoms with E-state index in [2.05, 4.69) is 0 Å². The number of nitro benzene ring substituents is 1. The first-order valence-electron chi connectivity index (χ1n) is 5.91. The van der Waals surface area contributed by atoms with Gasteiger partial charge in [-0.2, -0.15) is 0 Å². The highest BCUT2D eigenvalue weighted by atomic mass is 16.6. The van der Waals surface area contributed by atoms with E-state index in [0.717, 1.165) is 0 Å². The Balaban J connectivity index is 2.33. The summed E-state index contributed by atoms with van der Waals surface area (Å²) < 4.78 is 6.70. The number of fused-ring (bicyclic) bond motifs is 1. The van der Waals surface area contributed by atoms with Crippen LogP contribution in [0, 0.1) is 10.1 Å². The van der Waals surface area contributed by atoms with Gasteiger partial charge in [0.1, 0.15) is 6.54 Å². The van der Waals surface area contributed by atoms with Gasteiger partial charge in [0.2, 0.25) is 0 Å². The Kier molecular flexibility index (Phi) is 3.50. The minimum atomic E-state index is -0.431. The maximum absolute atomic E-state index is 11.6. The van der Waals surface area contributed by atoms with E-state index in [-0.39, 0.29) is 24.3 Å². The number of rotatable bonds is 4. The zero-order chi connectivity index (χ0) is 14.0. The number of carbonyl (C=O) groups excluding carboxylic acids is 1. The molecule has 0 aliphatic heterocycles. The lowest BCUT2D eigenvalue weighted by molar-refractivity contribution is -0.383. The lowest BCUT2D eigenvalue weighted by Crippen LogP contribution is -2.16. The summed E-state index contributed by atoms with van der Waals surface area (Å²) in [6.45, 7) is 3.59. The molecule has 6 nitrogen and oxygen atoms in total. The smallest absolute Gasteiger partial charge is 0.326 e. The van der Waals surface area contributed by atoms with Crippen molar-refractivity contribution >= 4 is 22.6 Å². The molecule has 2 rings (SSSR count). The molecule has 0 fully saturated rings. The number of non-ortho nitro benzene ring substituents is 1. The van der Waals surface area contributed by atoms with Crippen LogP contribution in [0.3, 0.4) is 0 Å². The number of ether oxygens (including phenoxy) is 1. The number of nitrogens with zero attached hydrogens (tertiary/aromatic N) is 2. The Labute approximate surface area is 109 Å². The van der Waals surface area contributed by atoms with Crippen LogP contribution in [0.5, 0.6) is 0 Å². The molecular formula is C13H14N2O4. The highest BCUT2D eigenvalue weighted by Crippen LogP contribution is 2.26. The van der Waals surface area contributed by atoms with Gasteiger partial charge < -0.3 is 9.30 Å². The molecular weight excluding hydrogens is 248 g/mol. The van der Waals surface area contributed by atoms with Crippen LogP contribution in [0.2, 0.25) is 0 Å². The van der Waals surface area contributed by atoms with Gasteiger partial charge in [0.15, 0.2) is 0 Å². The van der Waals surface area contributed by atoms with Gasteiger partial charge in [-0.3, -0.25) is 14.9 Å². The predicted octanol–water partition coefficient (Wildman–Crippen LogP) is 2.50. The highest BCUT2D eigenvalue weighted by molar-refractivity contribution is 5.89. The van der Waals surface area contributed by atoms with Crippen LogP contribution < -0.4 is 0 Å². The van der Waals surface area contributed by atoms with E-state index in [4.69, 9.17) is 4.74 Å². The molecule has 1 aromatic carbocycles. The summed E-state index contributed by atoms with van der Waals surface area (Å²) in [6, 6.07) is 6.42. The molecule has 19 heavy (non-hydrogen) atoms. The maximum Gasteiger partial charge on any atom is 0.326 e. The van der Waals surface area contributed by atoms with Crippen molar-refractivity contribution in [1.82, 2.24) is 4.57 Å². The van der Waals surface area contributed by atoms with Crippen LogP contribution >= 0.6 is 0 Å². The monoisotopic (exact) mass is 262 g/mol. The fourth-order valence-electron chi connectivity index (χ4n) is 1.94. The summed E-state index contributed by atoms with van der Waals surface area (Å²) in [5.41, 5.74) is 0.684. The first-order chi connectivity index (χ1) is 8.99. The molecule has 0 amide bonds. The normalized spacial score (nSPS) is 10.9. The zero-order valence-electron chi connectivity index (χ0n) is 10.7. The largest absolute Gasteiger partial charge is 0.462 e. The minimum Gasteiger partial charge on any atom is -0.462 e. The summed E-state index contributed by atoms with van der Waals surface area (Å²) in [5, 5.41) is 11.4. The van der Waals surface area contributed by atoms with Crippen molar-refractivity contribution < 1.29 is 14.5 Å². The molecule has 0 aliphatic rings. The Morgan fingerprint density at radius 3 is 2.79 bits per heavy atom. The number of carbonyl (C=O) groups is 1. The second-order valence-corrected chi connectivity index (χ2v) is 4.45. The van der Waals surface area contributed by atoms with E-state index in [9.17, 15) is 14.9 Å².